The SMILES string of the molecule is C[Si](C)(C)CCOCn1ccc2c(Oc3ccccc3)nc(-c3cccc(C(F)F)n3)nc21. The Hall–Kier alpha value is -3.17. The minimum Gasteiger partial charge on any atom is -0.438 e. The van der Waals surface area contributed by atoms with Crippen LogP contribution in [0.1, 0.15) is 12.1 Å². The highest BCUT2D eigenvalue weighted by Crippen LogP contribution is 2.31. The maximum Gasteiger partial charge on any atom is 0.280 e. The largest absolute Gasteiger partial charge is 0.438 e. The molecule has 0 saturated heterocycles. The second-order valence-corrected chi connectivity index (χ2v) is 14.5. The van der Waals surface area contributed by atoms with Gasteiger partial charge in [-0.1, -0.05) is 43.9 Å². The zero-order valence-electron chi connectivity index (χ0n) is 18.8. The van der Waals surface area contributed by atoms with Crippen molar-refractivity contribution in [1.82, 2.24) is 19.5 Å². The Morgan fingerprint density at radius 2 is 1.73 bits per heavy atom. The molecule has 3 heterocycles. The van der Waals surface area contributed by atoms with Crippen LogP contribution >= 0.6 is 0 Å². The van der Waals surface area contributed by atoms with Gasteiger partial charge >= 0.3 is 0 Å². The lowest BCUT2D eigenvalue weighted by atomic mass is 10.3. The predicted octanol–water partition coefficient (Wildman–Crippen LogP) is 6.54. The normalized spacial score (nSPS) is 11.9. The molecule has 4 rings (SSSR count). The molecule has 0 radical (unpaired) electrons. The third-order valence-corrected chi connectivity index (χ3v) is 6.70. The van der Waals surface area contributed by atoms with E-state index in [4.69, 9.17) is 9.47 Å². The van der Waals surface area contributed by atoms with Crippen LogP contribution in [-0.2, 0) is 11.5 Å². The van der Waals surface area contributed by atoms with E-state index in [0.29, 0.717) is 36.0 Å². The zero-order chi connectivity index (χ0) is 23.4. The number of benzene rings is 1. The molecule has 0 aliphatic rings. The third kappa shape index (κ3) is 5.80. The first kappa shape index (κ1) is 23.0. The number of ether oxygens (including phenoxy) is 2. The molecule has 0 bridgehead atoms. The Labute approximate surface area is 192 Å². The molecule has 0 unspecified atom stereocenters. The summed E-state index contributed by atoms with van der Waals surface area (Å²) in [5.74, 6) is 1.14. The van der Waals surface area contributed by atoms with Crippen molar-refractivity contribution >= 4 is 19.1 Å². The molecule has 0 aliphatic carbocycles. The van der Waals surface area contributed by atoms with Gasteiger partial charge in [0.15, 0.2) is 5.82 Å². The smallest absolute Gasteiger partial charge is 0.280 e. The molecule has 1 aromatic carbocycles. The minimum absolute atomic E-state index is 0.206. The van der Waals surface area contributed by atoms with Gasteiger partial charge in [0, 0.05) is 20.9 Å². The number of pyridine rings is 1. The minimum atomic E-state index is -2.68. The van der Waals surface area contributed by atoms with Crippen molar-refractivity contribution in [2.45, 2.75) is 38.8 Å². The molecule has 6 nitrogen and oxygen atoms in total. The number of fused-ring (bicyclic) bond motifs is 1. The molecule has 0 aliphatic heterocycles. The molecule has 0 amide bonds. The van der Waals surface area contributed by atoms with E-state index in [9.17, 15) is 8.78 Å². The van der Waals surface area contributed by atoms with E-state index in [1.54, 1.807) is 6.07 Å². The summed E-state index contributed by atoms with van der Waals surface area (Å²) in [6.45, 7) is 7.89. The van der Waals surface area contributed by atoms with E-state index in [1.165, 1.54) is 12.1 Å². The van der Waals surface area contributed by atoms with Crippen molar-refractivity contribution < 1.29 is 18.3 Å². The molecule has 9 heteroatoms. The number of halogens is 2. The van der Waals surface area contributed by atoms with Gasteiger partial charge in [-0.15, -0.1) is 0 Å². The summed E-state index contributed by atoms with van der Waals surface area (Å²) >= 11 is 0. The number of alkyl halides is 2. The van der Waals surface area contributed by atoms with Crippen LogP contribution in [0.4, 0.5) is 8.78 Å². The topological polar surface area (TPSA) is 62.1 Å². The Balaban J connectivity index is 1.72. The van der Waals surface area contributed by atoms with Gasteiger partial charge in [0.05, 0.1) is 5.39 Å². The van der Waals surface area contributed by atoms with Gasteiger partial charge in [-0.05, 0) is 36.4 Å². The summed E-state index contributed by atoms with van der Waals surface area (Å²) in [6.07, 6.45) is -0.823. The van der Waals surface area contributed by atoms with Gasteiger partial charge in [-0.25, -0.2) is 18.7 Å². The van der Waals surface area contributed by atoms with Crippen molar-refractivity contribution in [3.05, 3.63) is 66.5 Å². The number of para-hydroxylation sites is 1. The summed E-state index contributed by atoms with van der Waals surface area (Å²) in [5, 5.41) is 0.696. The highest BCUT2D eigenvalue weighted by molar-refractivity contribution is 6.76. The van der Waals surface area contributed by atoms with Crippen LogP contribution in [0.25, 0.3) is 22.6 Å². The number of aromatic nitrogens is 4. The molecule has 4 aromatic rings. The second kappa shape index (κ2) is 9.76. The van der Waals surface area contributed by atoms with Gasteiger partial charge in [0.2, 0.25) is 5.88 Å². The van der Waals surface area contributed by atoms with Gasteiger partial charge in [0.1, 0.15) is 29.5 Å². The van der Waals surface area contributed by atoms with Crippen molar-refractivity contribution in [2.24, 2.45) is 0 Å². The van der Waals surface area contributed by atoms with Crippen LogP contribution in [0.3, 0.4) is 0 Å². The third-order valence-electron chi connectivity index (χ3n) is 4.99. The summed E-state index contributed by atoms with van der Waals surface area (Å²) in [6, 6.07) is 16.6. The van der Waals surface area contributed by atoms with E-state index >= 15 is 0 Å². The molecule has 0 fully saturated rings. The quantitative estimate of drug-likeness (QED) is 0.206. The number of hydrogen-bond acceptors (Lipinski definition) is 5. The molecule has 0 saturated carbocycles. The van der Waals surface area contributed by atoms with Crippen LogP contribution in [-0.4, -0.2) is 34.2 Å². The average molecular weight is 469 g/mol. The van der Waals surface area contributed by atoms with Crippen molar-refractivity contribution in [3.8, 4) is 23.1 Å². The number of nitrogens with zero attached hydrogens (tertiary/aromatic N) is 4. The fourth-order valence-electron chi connectivity index (χ4n) is 3.17. The van der Waals surface area contributed by atoms with Crippen molar-refractivity contribution in [2.75, 3.05) is 6.61 Å². The Morgan fingerprint density at radius 1 is 0.939 bits per heavy atom. The monoisotopic (exact) mass is 468 g/mol. The first-order valence-corrected chi connectivity index (χ1v) is 14.4. The van der Waals surface area contributed by atoms with Crippen LogP contribution < -0.4 is 4.74 Å². The van der Waals surface area contributed by atoms with E-state index in [0.717, 1.165) is 6.04 Å². The lowest BCUT2D eigenvalue weighted by molar-refractivity contribution is 0.0899. The summed E-state index contributed by atoms with van der Waals surface area (Å²) in [7, 11) is -1.20. The Kier molecular flexibility index (Phi) is 6.80. The van der Waals surface area contributed by atoms with Gasteiger partial charge < -0.3 is 14.0 Å². The molecule has 172 valence electrons. The maximum atomic E-state index is 13.2. The number of hydrogen-bond donors (Lipinski definition) is 0. The Morgan fingerprint density at radius 3 is 2.45 bits per heavy atom. The predicted molar refractivity (Wildman–Crippen MR) is 126 cm³/mol. The summed E-state index contributed by atoms with van der Waals surface area (Å²) < 4.78 is 40.2. The summed E-state index contributed by atoms with van der Waals surface area (Å²) in [5.41, 5.74) is 0.509. The lowest BCUT2D eigenvalue weighted by Crippen LogP contribution is -2.22. The average Bonchev–Trinajstić information content (AvgIpc) is 3.20. The first-order valence-electron chi connectivity index (χ1n) is 10.7. The molecule has 0 atom stereocenters. The van der Waals surface area contributed by atoms with E-state index in [2.05, 4.69) is 34.6 Å². The standard InChI is InChI=1S/C24H26F2N4O2Si/c1-33(2,3)15-14-31-16-30-13-12-18-23(30)28-22(20-11-7-10-19(27-20)21(25)26)29-24(18)32-17-8-5-4-6-9-17/h4-13,21H,14-16H2,1-3H3. The van der Waals surface area contributed by atoms with Crippen LogP contribution in [0, 0.1) is 0 Å². The molecular weight excluding hydrogens is 442 g/mol. The molecule has 0 spiro atoms. The molecular formula is C24H26F2N4O2Si. The molecule has 33 heavy (non-hydrogen) atoms. The second-order valence-electron chi connectivity index (χ2n) is 8.89. The van der Waals surface area contributed by atoms with Crippen LogP contribution in [0.2, 0.25) is 25.7 Å². The van der Waals surface area contributed by atoms with Crippen molar-refractivity contribution in [1.29, 1.82) is 0 Å². The van der Waals surface area contributed by atoms with Crippen LogP contribution in [0.15, 0.2) is 60.8 Å². The first-order chi connectivity index (χ1) is 15.8. The molecule has 3 aromatic heterocycles. The Bertz CT molecular complexity index is 1230. The highest BCUT2D eigenvalue weighted by atomic mass is 28.3. The maximum absolute atomic E-state index is 13.2. The van der Waals surface area contributed by atoms with E-state index < -0.39 is 14.5 Å². The fourth-order valence-corrected chi connectivity index (χ4v) is 3.93. The van der Waals surface area contributed by atoms with E-state index in [1.807, 2.05) is 47.2 Å². The van der Waals surface area contributed by atoms with Crippen molar-refractivity contribution in [3.63, 3.8) is 0 Å². The number of rotatable bonds is 9. The summed E-state index contributed by atoms with van der Waals surface area (Å²) in [4.78, 5) is 13.2. The van der Waals surface area contributed by atoms with Gasteiger partial charge in [0.25, 0.3) is 6.43 Å². The highest BCUT2D eigenvalue weighted by Gasteiger charge is 2.18. The zero-order valence-corrected chi connectivity index (χ0v) is 19.8. The van der Waals surface area contributed by atoms with Gasteiger partial charge in [-0.2, -0.15) is 4.98 Å². The van der Waals surface area contributed by atoms with Crippen LogP contribution in [0.5, 0.6) is 11.6 Å². The lowest BCUT2D eigenvalue weighted by Gasteiger charge is -2.16. The fraction of sp³-hybridized carbons (Fsp3) is 0.292. The van der Waals surface area contributed by atoms with Gasteiger partial charge in [-0.3, -0.25) is 0 Å². The molecule has 0 N–H and O–H groups in total. The van der Waals surface area contributed by atoms with E-state index in [-0.39, 0.29) is 17.2 Å².